The van der Waals surface area contributed by atoms with Crippen LogP contribution in [0.25, 0.3) is 0 Å². The molecule has 1 amide bonds. The van der Waals surface area contributed by atoms with Crippen molar-refractivity contribution in [3.05, 3.63) is 39.7 Å². The van der Waals surface area contributed by atoms with E-state index in [9.17, 15) is 9.90 Å². The minimum Gasteiger partial charge on any atom is -0.389 e. The Labute approximate surface area is 156 Å². The second kappa shape index (κ2) is 7.81. The predicted molar refractivity (Wildman–Crippen MR) is 99.0 cm³/mol. The second-order valence-corrected chi connectivity index (χ2v) is 7.87. The van der Waals surface area contributed by atoms with Gasteiger partial charge in [0.25, 0.3) is 0 Å². The van der Waals surface area contributed by atoms with Crippen molar-refractivity contribution in [3.8, 4) is 6.07 Å². The number of aliphatic hydroxyl groups is 1. The van der Waals surface area contributed by atoms with Crippen LogP contribution in [0.3, 0.4) is 0 Å². The van der Waals surface area contributed by atoms with Crippen molar-refractivity contribution < 1.29 is 9.90 Å². The van der Waals surface area contributed by atoms with Crippen LogP contribution < -0.4 is 10.2 Å². The number of hydrogen-bond acceptors (Lipinski definition) is 7. The minimum absolute atomic E-state index is 0.0982. The van der Waals surface area contributed by atoms with E-state index >= 15 is 0 Å². The highest BCUT2D eigenvalue weighted by Crippen LogP contribution is 2.24. The molecule has 1 saturated heterocycles. The molecule has 0 saturated carbocycles. The Bertz CT molecular complexity index is 812. The van der Waals surface area contributed by atoms with Crippen LogP contribution in [0.1, 0.15) is 35.2 Å². The zero-order valence-electron chi connectivity index (χ0n) is 14.7. The largest absolute Gasteiger partial charge is 0.389 e. The van der Waals surface area contributed by atoms with Crippen molar-refractivity contribution in [1.29, 1.82) is 5.26 Å². The zero-order chi connectivity index (χ0) is 18.7. The molecule has 2 aromatic rings. The maximum absolute atomic E-state index is 12.3. The van der Waals surface area contributed by atoms with Gasteiger partial charge in [-0.15, -0.1) is 21.5 Å². The summed E-state index contributed by atoms with van der Waals surface area (Å²) in [6.45, 7) is 5.08. The van der Waals surface area contributed by atoms with E-state index in [1.54, 1.807) is 23.5 Å². The van der Waals surface area contributed by atoms with Gasteiger partial charge < -0.3 is 15.3 Å². The minimum atomic E-state index is -0.675. The lowest BCUT2D eigenvalue weighted by Gasteiger charge is -2.17. The molecular formula is C18H21N5O2S. The van der Waals surface area contributed by atoms with Gasteiger partial charge in [0.05, 0.1) is 18.6 Å². The standard InChI is InChI=1S/C18H21N5O2S/c1-11(2)16-5-4-13(26-16)7-18(25)20-14-9-23(10-15(14)24)17-6-3-12(8-19)21-22-17/h3-6,11,14-15,24H,7,9-10H2,1-2H3,(H,20,25)/t14-,15-/m0/s1. The third-order valence-electron chi connectivity index (χ3n) is 4.31. The van der Waals surface area contributed by atoms with Gasteiger partial charge in [0.15, 0.2) is 11.5 Å². The summed E-state index contributed by atoms with van der Waals surface area (Å²) in [5.74, 6) is 0.939. The van der Waals surface area contributed by atoms with Crippen LogP contribution in [0.5, 0.6) is 0 Å². The summed E-state index contributed by atoms with van der Waals surface area (Å²) in [6, 6.07) is 8.90. The average Bonchev–Trinajstić information content (AvgIpc) is 3.22. The number of carbonyl (C=O) groups excluding carboxylic acids is 1. The average molecular weight is 371 g/mol. The number of nitrogens with one attached hydrogen (secondary N) is 1. The summed E-state index contributed by atoms with van der Waals surface area (Å²) >= 11 is 1.65. The Hall–Kier alpha value is -2.50. The molecule has 8 heteroatoms. The van der Waals surface area contributed by atoms with Crippen LogP contribution in [0.2, 0.25) is 0 Å². The summed E-state index contributed by atoms with van der Waals surface area (Å²) in [5, 5.41) is 29.8. The fraction of sp³-hybridized carbons (Fsp3) is 0.444. The lowest BCUT2D eigenvalue weighted by molar-refractivity contribution is -0.121. The van der Waals surface area contributed by atoms with E-state index in [1.165, 1.54) is 4.88 Å². The van der Waals surface area contributed by atoms with Gasteiger partial charge in [-0.2, -0.15) is 5.26 Å². The Balaban J connectivity index is 1.57. The van der Waals surface area contributed by atoms with E-state index in [1.807, 2.05) is 17.0 Å². The predicted octanol–water partition coefficient (Wildman–Crippen LogP) is 1.44. The van der Waals surface area contributed by atoms with Crippen molar-refractivity contribution in [3.63, 3.8) is 0 Å². The number of aromatic nitrogens is 2. The number of β-amino-alcohol motifs (C(OH)–C–C–N with tert-alkyl or cyclic N) is 1. The van der Waals surface area contributed by atoms with Crippen molar-refractivity contribution in [2.75, 3.05) is 18.0 Å². The number of nitrogens with zero attached hydrogens (tertiary/aromatic N) is 4. The molecule has 0 bridgehead atoms. The second-order valence-electron chi connectivity index (χ2n) is 6.67. The third kappa shape index (κ3) is 4.18. The van der Waals surface area contributed by atoms with Crippen LogP contribution in [-0.4, -0.2) is 46.4 Å². The molecule has 3 rings (SSSR count). The molecule has 1 aliphatic heterocycles. The molecule has 2 aromatic heterocycles. The molecule has 3 heterocycles. The van der Waals surface area contributed by atoms with Gasteiger partial charge in [-0.05, 0) is 30.2 Å². The summed E-state index contributed by atoms with van der Waals surface area (Å²) in [5.41, 5.74) is 0.245. The number of carbonyl (C=O) groups is 1. The first-order chi connectivity index (χ1) is 12.5. The Morgan fingerprint density at radius 3 is 2.81 bits per heavy atom. The number of hydrogen-bond donors (Lipinski definition) is 2. The van der Waals surface area contributed by atoms with E-state index in [2.05, 4.69) is 35.4 Å². The smallest absolute Gasteiger partial charge is 0.225 e. The topological polar surface area (TPSA) is 102 Å². The maximum atomic E-state index is 12.3. The molecule has 1 aliphatic rings. The molecule has 0 unspecified atom stereocenters. The fourth-order valence-electron chi connectivity index (χ4n) is 2.88. The Kier molecular flexibility index (Phi) is 5.49. The first-order valence-electron chi connectivity index (χ1n) is 8.51. The number of rotatable bonds is 5. The monoisotopic (exact) mass is 371 g/mol. The van der Waals surface area contributed by atoms with Gasteiger partial charge in [-0.1, -0.05) is 13.8 Å². The molecule has 2 N–H and O–H groups in total. The number of thiophene rings is 1. The lowest BCUT2D eigenvalue weighted by atomic mass is 10.2. The lowest BCUT2D eigenvalue weighted by Crippen LogP contribution is -2.43. The first kappa shape index (κ1) is 18.3. The van der Waals surface area contributed by atoms with Crippen molar-refractivity contribution in [2.24, 2.45) is 0 Å². The Morgan fingerprint density at radius 2 is 2.19 bits per heavy atom. The highest BCUT2D eigenvalue weighted by molar-refractivity contribution is 7.12. The van der Waals surface area contributed by atoms with Crippen LogP contribution >= 0.6 is 11.3 Å². The fourth-order valence-corrected chi connectivity index (χ4v) is 3.90. The molecule has 26 heavy (non-hydrogen) atoms. The molecule has 0 aliphatic carbocycles. The van der Waals surface area contributed by atoms with Gasteiger partial charge in [-0.25, -0.2) is 0 Å². The van der Waals surface area contributed by atoms with Crippen LogP contribution in [-0.2, 0) is 11.2 Å². The molecule has 1 fully saturated rings. The maximum Gasteiger partial charge on any atom is 0.225 e. The molecule has 0 radical (unpaired) electrons. The number of aliphatic hydroxyl groups excluding tert-OH is 1. The van der Waals surface area contributed by atoms with E-state index in [0.717, 1.165) is 4.88 Å². The number of anilines is 1. The van der Waals surface area contributed by atoms with Gasteiger partial charge in [-0.3, -0.25) is 4.79 Å². The van der Waals surface area contributed by atoms with Crippen molar-refractivity contribution in [1.82, 2.24) is 15.5 Å². The first-order valence-corrected chi connectivity index (χ1v) is 9.32. The molecule has 0 spiro atoms. The summed E-state index contributed by atoms with van der Waals surface area (Å²) < 4.78 is 0. The van der Waals surface area contributed by atoms with Crippen LogP contribution in [0.4, 0.5) is 5.82 Å². The summed E-state index contributed by atoms with van der Waals surface area (Å²) in [6.07, 6.45) is -0.358. The SMILES string of the molecule is CC(C)c1ccc(CC(=O)N[C@H]2CN(c3ccc(C#N)nn3)C[C@@H]2O)s1. The van der Waals surface area contributed by atoms with Gasteiger partial charge in [0.2, 0.25) is 5.91 Å². The van der Waals surface area contributed by atoms with E-state index < -0.39 is 6.10 Å². The highest BCUT2D eigenvalue weighted by Gasteiger charge is 2.33. The van der Waals surface area contributed by atoms with Crippen LogP contribution in [0, 0.1) is 11.3 Å². The van der Waals surface area contributed by atoms with Gasteiger partial charge in [0.1, 0.15) is 6.07 Å². The zero-order valence-corrected chi connectivity index (χ0v) is 15.5. The molecule has 136 valence electrons. The number of nitriles is 1. The van der Waals surface area contributed by atoms with Crippen molar-refractivity contribution >= 4 is 23.1 Å². The summed E-state index contributed by atoms with van der Waals surface area (Å²) in [4.78, 5) is 16.5. The number of amides is 1. The quantitative estimate of drug-likeness (QED) is 0.825. The van der Waals surface area contributed by atoms with Gasteiger partial charge >= 0.3 is 0 Å². The van der Waals surface area contributed by atoms with E-state index in [0.29, 0.717) is 31.2 Å². The molecule has 7 nitrogen and oxygen atoms in total. The normalized spacial score (nSPS) is 19.6. The summed E-state index contributed by atoms with van der Waals surface area (Å²) in [7, 11) is 0. The van der Waals surface area contributed by atoms with Crippen molar-refractivity contribution in [2.45, 2.75) is 38.3 Å². The molecule has 0 aromatic carbocycles. The Morgan fingerprint density at radius 1 is 1.38 bits per heavy atom. The highest BCUT2D eigenvalue weighted by atomic mass is 32.1. The van der Waals surface area contributed by atoms with Crippen LogP contribution in [0.15, 0.2) is 24.3 Å². The van der Waals surface area contributed by atoms with Gasteiger partial charge in [0, 0.05) is 22.8 Å². The molecule has 2 atom stereocenters. The van der Waals surface area contributed by atoms with E-state index in [4.69, 9.17) is 5.26 Å². The van der Waals surface area contributed by atoms with E-state index in [-0.39, 0.29) is 17.6 Å². The third-order valence-corrected chi connectivity index (χ3v) is 5.70. The molecular weight excluding hydrogens is 350 g/mol.